The lowest BCUT2D eigenvalue weighted by atomic mass is 9.70. The van der Waals surface area contributed by atoms with Crippen LogP contribution in [0.2, 0.25) is 0 Å². The van der Waals surface area contributed by atoms with Gasteiger partial charge in [-0.05, 0) is 86.7 Å². The molecule has 1 amide bonds. The maximum absolute atomic E-state index is 12.7. The van der Waals surface area contributed by atoms with Crippen LogP contribution < -0.4 is 10.2 Å². The Bertz CT molecular complexity index is 1670. The van der Waals surface area contributed by atoms with E-state index in [0.29, 0.717) is 32.0 Å². The minimum absolute atomic E-state index is 0.0884. The minimum Gasteiger partial charge on any atom is -0.488 e. The van der Waals surface area contributed by atoms with E-state index in [1.807, 2.05) is 0 Å². The number of fused-ring (bicyclic) bond motifs is 6. The third-order valence-corrected chi connectivity index (χ3v) is 11.0. The quantitative estimate of drug-likeness (QED) is 0.352. The molecule has 45 heavy (non-hydrogen) atoms. The van der Waals surface area contributed by atoms with Crippen molar-refractivity contribution < 1.29 is 28.7 Å². The Morgan fingerprint density at radius 1 is 1.07 bits per heavy atom. The van der Waals surface area contributed by atoms with Gasteiger partial charge in [0.05, 0.1) is 23.5 Å². The first-order valence-electron chi connectivity index (χ1n) is 16.0. The van der Waals surface area contributed by atoms with E-state index in [0.717, 1.165) is 57.7 Å². The number of ether oxygens (including phenoxy) is 2. The van der Waals surface area contributed by atoms with Crippen LogP contribution >= 0.6 is 0 Å². The Labute approximate surface area is 265 Å². The molecule has 0 spiro atoms. The van der Waals surface area contributed by atoms with Crippen LogP contribution in [-0.4, -0.2) is 64.6 Å². The summed E-state index contributed by atoms with van der Waals surface area (Å²) in [6.07, 6.45) is 1.38. The normalized spacial score (nSPS) is 24.5. The summed E-state index contributed by atoms with van der Waals surface area (Å²) in [7, 11) is 1.25. The fraction of sp³-hybridized carbons (Fsp3) is 0.543. The number of carboxylic acid groups (broad SMARTS) is 1. The smallest absolute Gasteiger partial charge is 0.488 e. The molecule has 4 heterocycles. The number of amides is 1. The lowest BCUT2D eigenvalue weighted by Gasteiger charge is -2.45. The van der Waals surface area contributed by atoms with Crippen LogP contribution in [0.25, 0.3) is 22.4 Å². The lowest BCUT2D eigenvalue weighted by Crippen LogP contribution is -2.53. The number of nitrogens with zero attached hydrogens (tertiary/aromatic N) is 2. The van der Waals surface area contributed by atoms with E-state index >= 15 is 0 Å². The van der Waals surface area contributed by atoms with E-state index in [-0.39, 0.29) is 5.92 Å². The summed E-state index contributed by atoms with van der Waals surface area (Å²) in [5, 5.41) is 10.4. The van der Waals surface area contributed by atoms with Crippen molar-refractivity contribution in [1.29, 1.82) is 0 Å². The van der Waals surface area contributed by atoms with Gasteiger partial charge in [-0.3, -0.25) is 4.90 Å². The summed E-state index contributed by atoms with van der Waals surface area (Å²) >= 11 is 0. The van der Waals surface area contributed by atoms with Gasteiger partial charge in [-0.15, -0.1) is 0 Å². The van der Waals surface area contributed by atoms with Crippen LogP contribution in [0.5, 0.6) is 5.75 Å². The van der Waals surface area contributed by atoms with Gasteiger partial charge in [0.1, 0.15) is 23.7 Å². The molecule has 7 rings (SSSR count). The van der Waals surface area contributed by atoms with Crippen LogP contribution in [0.1, 0.15) is 77.5 Å². The molecule has 4 aliphatic rings. The number of aromatic nitrogens is 2. The summed E-state index contributed by atoms with van der Waals surface area (Å²) in [6, 6.07) is 10.8. The number of benzene rings is 2. The van der Waals surface area contributed by atoms with E-state index in [1.165, 1.54) is 5.56 Å². The van der Waals surface area contributed by atoms with Crippen LogP contribution in [0.15, 0.2) is 30.3 Å². The zero-order chi connectivity index (χ0) is 32.1. The van der Waals surface area contributed by atoms with Gasteiger partial charge in [0.15, 0.2) is 0 Å². The number of likely N-dealkylation sites (tertiary alicyclic amines) is 1. The number of aryl methyl sites for hydroxylation is 2. The molecule has 9 nitrogen and oxygen atoms in total. The van der Waals surface area contributed by atoms with Crippen LogP contribution in [0, 0.1) is 11.3 Å². The second kappa shape index (κ2) is 10.1. The van der Waals surface area contributed by atoms with Gasteiger partial charge < -0.3 is 28.9 Å². The van der Waals surface area contributed by atoms with Crippen LogP contribution in [0.4, 0.5) is 4.79 Å². The molecule has 2 aromatic carbocycles. The van der Waals surface area contributed by atoms with Crippen molar-refractivity contribution in [2.45, 2.75) is 91.1 Å². The summed E-state index contributed by atoms with van der Waals surface area (Å²) in [5.74, 6) is 1.64. The predicted octanol–water partition coefficient (Wildman–Crippen LogP) is 5.92. The second-order valence-electron chi connectivity index (χ2n) is 15.2. The van der Waals surface area contributed by atoms with Gasteiger partial charge in [-0.25, -0.2) is 9.78 Å². The molecule has 0 bridgehead atoms. The maximum Gasteiger partial charge on any atom is 0.494 e. The lowest BCUT2D eigenvalue weighted by molar-refractivity contribution is 0.00578. The largest absolute Gasteiger partial charge is 0.494 e. The zero-order valence-electron chi connectivity index (χ0n) is 27.7. The van der Waals surface area contributed by atoms with Gasteiger partial charge in [-0.2, -0.15) is 0 Å². The molecule has 0 radical (unpaired) electrons. The molecule has 2 atom stereocenters. The average molecular weight is 614 g/mol. The molecule has 0 unspecified atom stereocenters. The van der Waals surface area contributed by atoms with Crippen molar-refractivity contribution in [2.24, 2.45) is 11.3 Å². The van der Waals surface area contributed by atoms with Crippen molar-refractivity contribution in [3.8, 4) is 28.1 Å². The van der Waals surface area contributed by atoms with E-state index < -0.39 is 35.4 Å². The van der Waals surface area contributed by atoms with E-state index in [2.05, 4.69) is 83.8 Å². The number of imidazole rings is 1. The molecule has 2 N–H and O–H groups in total. The number of aromatic amines is 1. The zero-order valence-corrected chi connectivity index (χ0v) is 27.7. The highest BCUT2D eigenvalue weighted by Crippen LogP contribution is 2.53. The van der Waals surface area contributed by atoms with Crippen LogP contribution in [0.3, 0.4) is 0 Å². The van der Waals surface area contributed by atoms with Crippen molar-refractivity contribution in [2.75, 3.05) is 20.3 Å². The fourth-order valence-electron chi connectivity index (χ4n) is 7.81. The van der Waals surface area contributed by atoms with Crippen molar-refractivity contribution in [3.63, 3.8) is 0 Å². The maximum atomic E-state index is 12.7. The molecule has 3 aromatic rings. The topological polar surface area (TPSA) is 106 Å². The average Bonchev–Trinajstić information content (AvgIpc) is 3.64. The minimum atomic E-state index is -0.930. The molecular weight excluding hydrogens is 569 g/mol. The molecule has 0 saturated carbocycles. The number of methoxy groups -OCH3 is 1. The molecular formula is C35H44BN3O6. The second-order valence-corrected chi connectivity index (χ2v) is 15.2. The first-order valence-corrected chi connectivity index (χ1v) is 16.0. The monoisotopic (exact) mass is 613 g/mol. The third kappa shape index (κ3) is 4.54. The number of rotatable bonds is 4. The van der Waals surface area contributed by atoms with Gasteiger partial charge >= 0.3 is 13.2 Å². The number of hydrogen-bond donors (Lipinski definition) is 2. The summed E-state index contributed by atoms with van der Waals surface area (Å²) < 4.78 is 24.5. The molecule has 2 fully saturated rings. The first kappa shape index (κ1) is 30.3. The molecule has 1 aliphatic carbocycles. The Morgan fingerprint density at radius 3 is 2.47 bits per heavy atom. The summed E-state index contributed by atoms with van der Waals surface area (Å²) in [5.41, 5.74) is 6.54. The number of nitrogens with one attached hydrogen (secondary N) is 1. The third-order valence-electron chi connectivity index (χ3n) is 11.0. The van der Waals surface area contributed by atoms with Gasteiger partial charge in [0.25, 0.3) is 0 Å². The van der Waals surface area contributed by atoms with E-state index in [9.17, 15) is 9.90 Å². The predicted molar refractivity (Wildman–Crippen MR) is 173 cm³/mol. The number of carbonyl (C=O) groups is 1. The van der Waals surface area contributed by atoms with E-state index in [1.54, 1.807) is 12.0 Å². The highest BCUT2D eigenvalue weighted by atomic mass is 16.7. The van der Waals surface area contributed by atoms with Gasteiger partial charge in [0, 0.05) is 36.4 Å². The molecule has 238 valence electrons. The van der Waals surface area contributed by atoms with Crippen molar-refractivity contribution >= 4 is 18.7 Å². The molecule has 3 aliphatic heterocycles. The highest BCUT2D eigenvalue weighted by Gasteiger charge is 2.58. The van der Waals surface area contributed by atoms with Gasteiger partial charge in [-0.1, -0.05) is 39.0 Å². The summed E-state index contributed by atoms with van der Waals surface area (Å²) in [6.45, 7) is 16.0. The first-order chi connectivity index (χ1) is 21.1. The number of hydrogen-bond acceptors (Lipinski definition) is 6. The molecule has 1 aromatic heterocycles. The molecule has 2 saturated heterocycles. The standard InChI is InChI=1S/C35H44BN3O6/c1-32(2,3)35(16-20(18-42-8)17-39(35)31(40)41)30-37-27-12-9-21-14-26-24-11-10-23(36-44-33(4,5)34(6,7)45-36)13-22(24)19-43-28(26)15-25(21)29(27)38-30/h10-11,13-15,20H,9,12,16-19H2,1-8H3,(H,37,38)(H,40,41)/t20-,35+/m0/s1. The highest BCUT2D eigenvalue weighted by molar-refractivity contribution is 6.62. The SMILES string of the molecule is COC[C@@H]1CN(C(=O)O)[C@](c2nc3c([nH]2)CCc2cc4c(cc2-3)OCc2cc(B3OC(C)(C)C(C)(C)O3)ccc2-4)(C(C)(C)C)C1. The number of H-pyrrole nitrogens is 1. The Balaban J connectivity index is 1.25. The summed E-state index contributed by atoms with van der Waals surface area (Å²) in [4.78, 5) is 23.1. The van der Waals surface area contributed by atoms with Crippen LogP contribution in [-0.2, 0) is 39.0 Å². The van der Waals surface area contributed by atoms with Crippen molar-refractivity contribution in [1.82, 2.24) is 14.9 Å². The van der Waals surface area contributed by atoms with Crippen molar-refractivity contribution in [3.05, 3.63) is 53.0 Å². The Hall–Kier alpha value is -3.34. The fourth-order valence-corrected chi connectivity index (χ4v) is 7.81. The Kier molecular flexibility index (Phi) is 6.79. The molecule has 10 heteroatoms. The van der Waals surface area contributed by atoms with E-state index in [4.69, 9.17) is 23.8 Å². The van der Waals surface area contributed by atoms with Gasteiger partial charge in [0.2, 0.25) is 0 Å². The Morgan fingerprint density at radius 2 is 1.80 bits per heavy atom.